The van der Waals surface area contributed by atoms with E-state index in [-0.39, 0.29) is 18.6 Å². The molecular weight excluding hydrogens is 178 g/mol. The summed E-state index contributed by atoms with van der Waals surface area (Å²) < 4.78 is 5.14. The molecule has 3 nitrogen and oxygen atoms in total. The number of halogens is 1. The summed E-state index contributed by atoms with van der Waals surface area (Å²) in [6.45, 7) is 1.83. The predicted octanol–water partition coefficient (Wildman–Crippen LogP) is 1.36. The van der Waals surface area contributed by atoms with E-state index in [9.17, 15) is 0 Å². The van der Waals surface area contributed by atoms with Gasteiger partial charge in [0, 0.05) is 12.0 Å². The van der Waals surface area contributed by atoms with Crippen molar-refractivity contribution in [1.82, 2.24) is 0 Å². The molecule has 0 radical (unpaired) electrons. The van der Waals surface area contributed by atoms with Gasteiger partial charge in [-0.3, -0.25) is 0 Å². The van der Waals surface area contributed by atoms with Gasteiger partial charge < -0.3 is 15.3 Å². The molecule has 1 aromatic heterocycles. The molecule has 4 heteroatoms. The van der Waals surface area contributed by atoms with Crippen molar-refractivity contribution < 1.29 is 9.52 Å². The average Bonchev–Trinajstić information content (AvgIpc) is 2.49. The zero-order valence-corrected chi connectivity index (χ0v) is 7.58. The van der Waals surface area contributed by atoms with E-state index in [1.807, 2.05) is 6.92 Å². The van der Waals surface area contributed by atoms with Crippen LogP contribution in [0.5, 0.6) is 0 Å². The molecule has 0 spiro atoms. The van der Waals surface area contributed by atoms with Gasteiger partial charge in [-0.25, -0.2) is 0 Å². The number of nitrogens with two attached hydrogens (primary N) is 1. The summed E-state index contributed by atoms with van der Waals surface area (Å²) in [4.78, 5) is 0. The third kappa shape index (κ3) is 2.00. The highest BCUT2D eigenvalue weighted by molar-refractivity contribution is 6.28. The molecule has 0 aliphatic heterocycles. The molecule has 0 aliphatic rings. The minimum Gasteiger partial charge on any atom is -0.449 e. The second kappa shape index (κ2) is 3.94. The molecule has 3 N–H and O–H groups in total. The third-order valence-electron chi connectivity index (χ3n) is 1.90. The predicted molar refractivity (Wildman–Crippen MR) is 47.2 cm³/mol. The Bertz CT molecular complexity index is 249. The zero-order chi connectivity index (χ0) is 9.14. The van der Waals surface area contributed by atoms with E-state index in [0.29, 0.717) is 11.0 Å². The first-order chi connectivity index (χ1) is 5.65. The Morgan fingerprint density at radius 1 is 1.67 bits per heavy atom. The smallest absolute Gasteiger partial charge is 0.193 e. The molecule has 0 saturated heterocycles. The molecule has 2 atom stereocenters. The first-order valence-corrected chi connectivity index (χ1v) is 4.14. The van der Waals surface area contributed by atoms with Gasteiger partial charge in [0.05, 0.1) is 6.61 Å². The van der Waals surface area contributed by atoms with Crippen molar-refractivity contribution >= 4 is 11.6 Å². The number of aliphatic hydroxyl groups excluding tert-OH is 1. The fraction of sp³-hybridized carbons (Fsp3) is 0.500. The summed E-state index contributed by atoms with van der Waals surface area (Å²) in [6, 6.07) is 3.13. The Morgan fingerprint density at radius 2 is 2.33 bits per heavy atom. The monoisotopic (exact) mass is 189 g/mol. The molecule has 1 aromatic rings. The fourth-order valence-electron chi connectivity index (χ4n) is 0.942. The molecule has 0 aromatic carbocycles. The first-order valence-electron chi connectivity index (χ1n) is 3.77. The van der Waals surface area contributed by atoms with Crippen molar-refractivity contribution in [2.75, 3.05) is 6.61 Å². The van der Waals surface area contributed by atoms with Crippen LogP contribution >= 0.6 is 11.6 Å². The Morgan fingerprint density at radius 3 is 2.75 bits per heavy atom. The minimum absolute atomic E-state index is 0.0116. The second-order valence-corrected chi connectivity index (χ2v) is 3.15. The molecule has 1 rings (SSSR count). The number of aliphatic hydroxyl groups is 1. The van der Waals surface area contributed by atoms with E-state index in [0.717, 1.165) is 0 Å². The lowest BCUT2D eigenvalue weighted by Gasteiger charge is -2.14. The third-order valence-corrected chi connectivity index (χ3v) is 2.10. The summed E-state index contributed by atoms with van der Waals surface area (Å²) in [7, 11) is 0. The Kier molecular flexibility index (Phi) is 3.14. The van der Waals surface area contributed by atoms with Crippen molar-refractivity contribution in [2.24, 2.45) is 5.73 Å². The zero-order valence-electron chi connectivity index (χ0n) is 6.83. The maximum absolute atomic E-state index is 8.77. The average molecular weight is 190 g/mol. The van der Waals surface area contributed by atoms with Crippen LogP contribution in [0.3, 0.4) is 0 Å². The van der Waals surface area contributed by atoms with Crippen LogP contribution in [0.25, 0.3) is 0 Å². The minimum atomic E-state index is -0.299. The van der Waals surface area contributed by atoms with Crippen LogP contribution < -0.4 is 5.73 Å². The van der Waals surface area contributed by atoms with Crippen molar-refractivity contribution in [3.63, 3.8) is 0 Å². The molecule has 2 unspecified atom stereocenters. The highest BCUT2D eigenvalue weighted by Gasteiger charge is 2.16. The van der Waals surface area contributed by atoms with E-state index in [2.05, 4.69) is 0 Å². The lowest BCUT2D eigenvalue weighted by Crippen LogP contribution is -2.30. The molecular formula is C8H12ClNO2. The maximum atomic E-state index is 8.77. The highest BCUT2D eigenvalue weighted by atomic mass is 35.5. The molecule has 0 fully saturated rings. The molecule has 68 valence electrons. The standard InChI is InChI=1S/C8H12ClNO2/c1-5(6(10)4-11)7-2-3-8(9)12-7/h2-3,5-6,11H,4,10H2,1H3. The highest BCUT2D eigenvalue weighted by Crippen LogP contribution is 2.22. The summed E-state index contributed by atoms with van der Waals surface area (Å²) in [5.74, 6) is 0.698. The van der Waals surface area contributed by atoms with Crippen LogP contribution in [0, 0.1) is 0 Å². The molecule has 0 amide bonds. The summed E-state index contributed by atoms with van der Waals surface area (Å²) in [5.41, 5.74) is 5.60. The van der Waals surface area contributed by atoms with Gasteiger partial charge in [-0.1, -0.05) is 6.92 Å². The van der Waals surface area contributed by atoms with Crippen LogP contribution in [0.2, 0.25) is 5.22 Å². The first kappa shape index (κ1) is 9.58. The summed E-state index contributed by atoms with van der Waals surface area (Å²) in [5, 5.41) is 9.12. The quantitative estimate of drug-likeness (QED) is 0.755. The normalized spacial score (nSPS) is 16.0. The van der Waals surface area contributed by atoms with Crippen molar-refractivity contribution in [3.05, 3.63) is 23.1 Å². The van der Waals surface area contributed by atoms with E-state index in [4.69, 9.17) is 26.9 Å². The molecule has 12 heavy (non-hydrogen) atoms. The van der Waals surface area contributed by atoms with Crippen molar-refractivity contribution in [1.29, 1.82) is 0 Å². The van der Waals surface area contributed by atoms with Crippen molar-refractivity contribution in [3.8, 4) is 0 Å². The van der Waals surface area contributed by atoms with E-state index < -0.39 is 0 Å². The Balaban J connectivity index is 2.70. The Labute approximate surface area is 76.1 Å². The summed E-state index contributed by atoms with van der Waals surface area (Å²) in [6.07, 6.45) is 0. The molecule has 1 heterocycles. The van der Waals surface area contributed by atoms with E-state index >= 15 is 0 Å². The van der Waals surface area contributed by atoms with Gasteiger partial charge in [0.1, 0.15) is 5.76 Å². The SMILES string of the molecule is CC(c1ccc(Cl)o1)C(N)CO. The van der Waals surface area contributed by atoms with Gasteiger partial charge in [-0.2, -0.15) is 0 Å². The number of hydrogen-bond donors (Lipinski definition) is 2. The van der Waals surface area contributed by atoms with Gasteiger partial charge in [0.2, 0.25) is 0 Å². The van der Waals surface area contributed by atoms with Gasteiger partial charge in [0.15, 0.2) is 5.22 Å². The van der Waals surface area contributed by atoms with Crippen LogP contribution in [-0.2, 0) is 0 Å². The topological polar surface area (TPSA) is 59.4 Å². The largest absolute Gasteiger partial charge is 0.449 e. The number of hydrogen-bond acceptors (Lipinski definition) is 3. The van der Waals surface area contributed by atoms with Crippen molar-refractivity contribution in [2.45, 2.75) is 18.9 Å². The molecule has 0 aliphatic carbocycles. The van der Waals surface area contributed by atoms with E-state index in [1.54, 1.807) is 12.1 Å². The van der Waals surface area contributed by atoms with Gasteiger partial charge in [-0.15, -0.1) is 0 Å². The lowest BCUT2D eigenvalue weighted by molar-refractivity contribution is 0.244. The van der Waals surface area contributed by atoms with Gasteiger partial charge in [0.25, 0.3) is 0 Å². The van der Waals surface area contributed by atoms with Crippen LogP contribution in [0.1, 0.15) is 18.6 Å². The van der Waals surface area contributed by atoms with E-state index in [1.165, 1.54) is 0 Å². The molecule has 0 bridgehead atoms. The Hall–Kier alpha value is -0.510. The maximum Gasteiger partial charge on any atom is 0.193 e. The molecule has 0 saturated carbocycles. The second-order valence-electron chi connectivity index (χ2n) is 2.78. The van der Waals surface area contributed by atoms with Gasteiger partial charge in [-0.05, 0) is 23.7 Å². The van der Waals surface area contributed by atoms with Crippen LogP contribution in [0.15, 0.2) is 16.5 Å². The summed E-state index contributed by atoms with van der Waals surface area (Å²) >= 11 is 5.58. The number of rotatable bonds is 3. The lowest BCUT2D eigenvalue weighted by atomic mass is 10.0. The van der Waals surface area contributed by atoms with Gasteiger partial charge >= 0.3 is 0 Å². The number of furan rings is 1. The fourth-order valence-corrected chi connectivity index (χ4v) is 1.09. The van der Waals surface area contributed by atoms with Crippen LogP contribution in [0.4, 0.5) is 0 Å². The van der Waals surface area contributed by atoms with Crippen LogP contribution in [-0.4, -0.2) is 17.8 Å².